The van der Waals surface area contributed by atoms with Crippen LogP contribution in [0.15, 0.2) is 0 Å². The predicted molar refractivity (Wildman–Crippen MR) is 71.6 cm³/mol. The summed E-state index contributed by atoms with van der Waals surface area (Å²) >= 11 is 0. The van der Waals surface area contributed by atoms with Crippen LogP contribution in [0.1, 0.15) is 40.0 Å². The van der Waals surface area contributed by atoms with Gasteiger partial charge in [0, 0.05) is 0 Å². The summed E-state index contributed by atoms with van der Waals surface area (Å²) in [7, 11) is -1.48. The molecule has 2 atom stereocenters. The Morgan fingerprint density at radius 3 is 2.44 bits per heavy atom. The standard InChI is InChI=1S/C12H28N2OSi/c1-10(2)9-12(14-11(3)13)7-6-8-16(4,5)15-12/h10-11,14H,6-9,13H2,1-5H3. The van der Waals surface area contributed by atoms with Crippen LogP contribution in [0.3, 0.4) is 0 Å². The molecule has 96 valence electrons. The van der Waals surface area contributed by atoms with Crippen molar-refractivity contribution in [3.8, 4) is 0 Å². The minimum Gasteiger partial charge on any atom is -0.400 e. The summed E-state index contributed by atoms with van der Waals surface area (Å²) in [5, 5.41) is 3.47. The maximum Gasteiger partial charge on any atom is 0.189 e. The first-order valence-corrected chi connectivity index (χ1v) is 9.60. The largest absolute Gasteiger partial charge is 0.400 e. The van der Waals surface area contributed by atoms with Gasteiger partial charge in [0.2, 0.25) is 0 Å². The van der Waals surface area contributed by atoms with E-state index in [0.717, 1.165) is 12.8 Å². The zero-order valence-electron chi connectivity index (χ0n) is 11.5. The lowest BCUT2D eigenvalue weighted by atomic mass is 9.95. The fourth-order valence-corrected chi connectivity index (χ4v) is 5.24. The first-order valence-electron chi connectivity index (χ1n) is 6.48. The molecule has 0 amide bonds. The van der Waals surface area contributed by atoms with E-state index in [1.807, 2.05) is 6.92 Å². The van der Waals surface area contributed by atoms with Crippen LogP contribution in [0.2, 0.25) is 19.1 Å². The molecule has 4 heteroatoms. The molecule has 3 N–H and O–H groups in total. The van der Waals surface area contributed by atoms with E-state index < -0.39 is 8.32 Å². The van der Waals surface area contributed by atoms with Crippen LogP contribution in [0, 0.1) is 5.92 Å². The van der Waals surface area contributed by atoms with Crippen molar-refractivity contribution in [3.63, 3.8) is 0 Å². The molecule has 3 nitrogen and oxygen atoms in total. The van der Waals surface area contributed by atoms with Crippen LogP contribution in [0.4, 0.5) is 0 Å². The van der Waals surface area contributed by atoms with E-state index in [-0.39, 0.29) is 11.9 Å². The van der Waals surface area contributed by atoms with Crippen LogP contribution in [0.25, 0.3) is 0 Å². The second kappa shape index (κ2) is 5.17. The number of hydrogen-bond acceptors (Lipinski definition) is 3. The van der Waals surface area contributed by atoms with Gasteiger partial charge < -0.3 is 10.2 Å². The normalized spacial score (nSPS) is 31.7. The van der Waals surface area contributed by atoms with E-state index in [9.17, 15) is 0 Å². The summed E-state index contributed by atoms with van der Waals surface area (Å²) in [6.07, 6.45) is 3.43. The van der Waals surface area contributed by atoms with Gasteiger partial charge in [-0.25, -0.2) is 0 Å². The van der Waals surface area contributed by atoms with Crippen molar-refractivity contribution in [1.29, 1.82) is 0 Å². The Balaban J connectivity index is 2.77. The lowest BCUT2D eigenvalue weighted by Gasteiger charge is -2.47. The summed E-state index contributed by atoms with van der Waals surface area (Å²) in [5.74, 6) is 0.633. The van der Waals surface area contributed by atoms with Crippen LogP contribution in [-0.2, 0) is 4.43 Å². The molecule has 0 aromatic carbocycles. The molecule has 0 radical (unpaired) electrons. The van der Waals surface area contributed by atoms with Crippen molar-refractivity contribution in [2.45, 2.75) is 71.1 Å². The third-order valence-corrected chi connectivity index (χ3v) is 5.56. The number of rotatable bonds is 4. The average Bonchev–Trinajstić information content (AvgIpc) is 1.96. The monoisotopic (exact) mass is 244 g/mol. The van der Waals surface area contributed by atoms with Crippen LogP contribution in [-0.4, -0.2) is 20.2 Å². The predicted octanol–water partition coefficient (Wildman–Crippen LogP) is 2.64. The first kappa shape index (κ1) is 14.2. The van der Waals surface area contributed by atoms with Gasteiger partial charge in [-0.05, 0) is 51.2 Å². The van der Waals surface area contributed by atoms with Crippen LogP contribution < -0.4 is 11.1 Å². The minimum atomic E-state index is -1.48. The average molecular weight is 244 g/mol. The van der Waals surface area contributed by atoms with E-state index in [0.29, 0.717) is 5.92 Å². The quantitative estimate of drug-likeness (QED) is 0.590. The van der Waals surface area contributed by atoms with Gasteiger partial charge in [-0.1, -0.05) is 13.8 Å². The van der Waals surface area contributed by atoms with Crippen molar-refractivity contribution < 1.29 is 4.43 Å². The maximum atomic E-state index is 6.43. The van der Waals surface area contributed by atoms with E-state index in [2.05, 4.69) is 32.3 Å². The van der Waals surface area contributed by atoms with E-state index >= 15 is 0 Å². The van der Waals surface area contributed by atoms with E-state index in [1.54, 1.807) is 0 Å². The highest BCUT2D eigenvalue weighted by atomic mass is 28.4. The molecule has 1 saturated heterocycles. The van der Waals surface area contributed by atoms with E-state index in [4.69, 9.17) is 10.2 Å². The first-order chi connectivity index (χ1) is 7.25. The highest BCUT2D eigenvalue weighted by molar-refractivity contribution is 6.71. The SMILES string of the molecule is CC(C)CC1(NC(C)N)CCC[Si](C)(C)O1. The Morgan fingerprint density at radius 2 is 2.00 bits per heavy atom. The molecule has 0 saturated carbocycles. The second-order valence-electron chi connectivity index (χ2n) is 6.24. The Kier molecular flexibility index (Phi) is 4.57. The molecule has 1 fully saturated rings. The Bertz CT molecular complexity index is 219. The Morgan fingerprint density at radius 1 is 1.38 bits per heavy atom. The number of nitrogens with two attached hydrogens (primary N) is 1. The summed E-state index contributed by atoms with van der Waals surface area (Å²) in [6, 6.07) is 1.27. The van der Waals surface area contributed by atoms with Gasteiger partial charge in [0.1, 0.15) is 5.72 Å². The molecule has 0 aromatic rings. The zero-order valence-corrected chi connectivity index (χ0v) is 12.5. The topological polar surface area (TPSA) is 47.3 Å². The Labute approximate surface area is 101 Å². The second-order valence-corrected chi connectivity index (χ2v) is 10.5. The Hall–Kier alpha value is 0.0969. The van der Waals surface area contributed by atoms with Gasteiger partial charge >= 0.3 is 0 Å². The third kappa shape index (κ3) is 4.16. The van der Waals surface area contributed by atoms with Gasteiger partial charge in [-0.15, -0.1) is 0 Å². The molecule has 2 unspecified atom stereocenters. The molecule has 0 bridgehead atoms. The van der Waals surface area contributed by atoms with Crippen molar-refractivity contribution in [2.24, 2.45) is 11.7 Å². The summed E-state index contributed by atoms with van der Waals surface area (Å²) in [5.41, 5.74) is 5.74. The molecule has 0 aliphatic carbocycles. The smallest absolute Gasteiger partial charge is 0.189 e. The molecule has 0 aromatic heterocycles. The molecule has 0 spiro atoms. The fraction of sp³-hybridized carbons (Fsp3) is 1.00. The lowest BCUT2D eigenvalue weighted by molar-refractivity contribution is -0.0247. The van der Waals surface area contributed by atoms with Gasteiger partial charge in [0.25, 0.3) is 0 Å². The van der Waals surface area contributed by atoms with Gasteiger partial charge in [-0.3, -0.25) is 5.32 Å². The third-order valence-electron chi connectivity index (χ3n) is 3.06. The molecular weight excluding hydrogens is 216 g/mol. The van der Waals surface area contributed by atoms with Crippen molar-refractivity contribution in [3.05, 3.63) is 0 Å². The van der Waals surface area contributed by atoms with Gasteiger partial charge in [-0.2, -0.15) is 0 Å². The molecule has 16 heavy (non-hydrogen) atoms. The number of nitrogens with one attached hydrogen (secondary N) is 1. The molecular formula is C12H28N2OSi. The van der Waals surface area contributed by atoms with Crippen molar-refractivity contribution >= 4 is 8.32 Å². The fourth-order valence-electron chi connectivity index (χ4n) is 2.81. The van der Waals surface area contributed by atoms with Gasteiger partial charge in [0.05, 0.1) is 6.17 Å². The van der Waals surface area contributed by atoms with Crippen molar-refractivity contribution in [1.82, 2.24) is 5.32 Å². The molecule has 1 heterocycles. The molecule has 1 rings (SSSR count). The maximum absolute atomic E-state index is 6.43. The van der Waals surface area contributed by atoms with Crippen LogP contribution in [0.5, 0.6) is 0 Å². The molecule has 1 aliphatic heterocycles. The lowest BCUT2D eigenvalue weighted by Crippen LogP contribution is -2.61. The van der Waals surface area contributed by atoms with Crippen LogP contribution >= 0.6 is 0 Å². The molecule has 1 aliphatic rings. The summed E-state index contributed by atoms with van der Waals surface area (Å²) < 4.78 is 6.43. The zero-order chi connectivity index (χ0) is 12.4. The number of hydrogen-bond donors (Lipinski definition) is 2. The highest BCUT2D eigenvalue weighted by Crippen LogP contribution is 2.36. The summed E-state index contributed by atoms with van der Waals surface area (Å²) in [6.45, 7) is 11.1. The van der Waals surface area contributed by atoms with Crippen molar-refractivity contribution in [2.75, 3.05) is 0 Å². The summed E-state index contributed by atoms with van der Waals surface area (Å²) in [4.78, 5) is 0. The minimum absolute atomic E-state index is 0.00153. The van der Waals surface area contributed by atoms with E-state index in [1.165, 1.54) is 12.5 Å². The van der Waals surface area contributed by atoms with Gasteiger partial charge in [0.15, 0.2) is 8.32 Å². The highest BCUT2D eigenvalue weighted by Gasteiger charge is 2.42.